The molecule has 3 heteroatoms. The molecule has 1 aromatic heterocycles. The van der Waals surface area contributed by atoms with E-state index in [4.69, 9.17) is 4.74 Å². The minimum Gasteiger partial charge on any atom is -0.374 e. The first-order chi connectivity index (χ1) is 8.01. The van der Waals surface area contributed by atoms with E-state index < -0.39 is 0 Å². The van der Waals surface area contributed by atoms with Gasteiger partial charge < -0.3 is 10.1 Å². The van der Waals surface area contributed by atoms with Gasteiger partial charge in [-0.2, -0.15) is 0 Å². The van der Waals surface area contributed by atoms with Crippen LogP contribution in [0.1, 0.15) is 33.4 Å². The number of hydrogen-bond donors (Lipinski definition) is 1. The summed E-state index contributed by atoms with van der Waals surface area (Å²) < 4.78 is 5.83. The van der Waals surface area contributed by atoms with E-state index in [1.165, 1.54) is 0 Å². The topological polar surface area (TPSA) is 34.1 Å². The van der Waals surface area contributed by atoms with E-state index in [0.717, 1.165) is 18.7 Å². The molecule has 96 valence electrons. The maximum Gasteiger partial charge on any atom is 0.0630 e. The molecule has 1 unspecified atom stereocenters. The van der Waals surface area contributed by atoms with Crippen LogP contribution in [0.2, 0.25) is 0 Å². The number of nitrogens with zero attached hydrogens (tertiary/aromatic N) is 1. The monoisotopic (exact) mass is 236 g/mol. The van der Waals surface area contributed by atoms with Gasteiger partial charge in [-0.1, -0.05) is 13.0 Å². The van der Waals surface area contributed by atoms with Crippen molar-refractivity contribution in [2.75, 3.05) is 13.2 Å². The predicted molar refractivity (Wildman–Crippen MR) is 71.1 cm³/mol. The normalized spacial score (nSPS) is 13.6. The van der Waals surface area contributed by atoms with Gasteiger partial charge in [-0.15, -0.1) is 0 Å². The van der Waals surface area contributed by atoms with Crippen molar-refractivity contribution in [3.63, 3.8) is 0 Å². The van der Waals surface area contributed by atoms with Gasteiger partial charge in [0.05, 0.1) is 12.2 Å². The number of aromatic nitrogens is 1. The third-order valence-corrected chi connectivity index (χ3v) is 2.39. The molecule has 0 radical (unpaired) electrons. The van der Waals surface area contributed by atoms with Crippen molar-refractivity contribution in [1.82, 2.24) is 10.3 Å². The maximum absolute atomic E-state index is 5.83. The van der Waals surface area contributed by atoms with E-state index in [1.807, 2.05) is 18.3 Å². The molecule has 0 bridgehead atoms. The summed E-state index contributed by atoms with van der Waals surface area (Å²) >= 11 is 0. The maximum atomic E-state index is 5.83. The molecular formula is C14H24N2O. The number of ether oxygens (including phenoxy) is 1. The van der Waals surface area contributed by atoms with Gasteiger partial charge in [0.2, 0.25) is 0 Å². The summed E-state index contributed by atoms with van der Waals surface area (Å²) in [6, 6.07) is 6.35. The van der Waals surface area contributed by atoms with Crippen LogP contribution in [0.4, 0.5) is 0 Å². The lowest BCUT2D eigenvalue weighted by Crippen LogP contribution is -2.38. The lowest BCUT2D eigenvalue weighted by atomic mass is 10.1. The Hall–Kier alpha value is -0.930. The Labute approximate surface area is 105 Å². The van der Waals surface area contributed by atoms with E-state index in [-0.39, 0.29) is 5.60 Å². The summed E-state index contributed by atoms with van der Waals surface area (Å²) in [5.41, 5.74) is 1.02. The molecule has 0 aromatic carbocycles. The minimum atomic E-state index is -0.0855. The second-order valence-corrected chi connectivity index (χ2v) is 5.20. The fraction of sp³-hybridized carbons (Fsp3) is 0.643. The molecule has 0 spiro atoms. The van der Waals surface area contributed by atoms with Crippen LogP contribution < -0.4 is 5.32 Å². The van der Waals surface area contributed by atoms with E-state index in [0.29, 0.717) is 12.6 Å². The van der Waals surface area contributed by atoms with Gasteiger partial charge in [-0.25, -0.2) is 0 Å². The highest BCUT2D eigenvalue weighted by molar-refractivity contribution is 5.05. The number of pyridine rings is 1. The SMILES string of the molecule is CCNC(COC(C)(C)C)Cc1ccccn1. The number of rotatable bonds is 6. The van der Waals surface area contributed by atoms with E-state index >= 15 is 0 Å². The number of likely N-dealkylation sites (N-methyl/N-ethyl adjacent to an activating group) is 1. The molecule has 1 N–H and O–H groups in total. The molecule has 1 rings (SSSR count). The molecule has 0 aliphatic rings. The summed E-state index contributed by atoms with van der Waals surface area (Å²) in [4.78, 5) is 4.35. The highest BCUT2D eigenvalue weighted by Crippen LogP contribution is 2.09. The number of nitrogens with one attached hydrogen (secondary N) is 1. The second-order valence-electron chi connectivity index (χ2n) is 5.20. The van der Waals surface area contributed by atoms with Gasteiger partial charge in [0.1, 0.15) is 0 Å². The highest BCUT2D eigenvalue weighted by atomic mass is 16.5. The Morgan fingerprint density at radius 2 is 2.12 bits per heavy atom. The second kappa shape index (κ2) is 6.72. The molecule has 0 amide bonds. The first kappa shape index (κ1) is 14.1. The molecule has 17 heavy (non-hydrogen) atoms. The van der Waals surface area contributed by atoms with Crippen molar-refractivity contribution < 1.29 is 4.74 Å². The molecule has 1 atom stereocenters. The van der Waals surface area contributed by atoms with Crippen LogP contribution in [0.3, 0.4) is 0 Å². The lowest BCUT2D eigenvalue weighted by molar-refractivity contribution is -0.0142. The van der Waals surface area contributed by atoms with Crippen molar-refractivity contribution in [2.45, 2.75) is 45.8 Å². The van der Waals surface area contributed by atoms with Crippen molar-refractivity contribution >= 4 is 0 Å². The summed E-state index contributed by atoms with van der Waals surface area (Å²) in [5, 5.41) is 3.44. The number of hydrogen-bond acceptors (Lipinski definition) is 3. The average Bonchev–Trinajstić information content (AvgIpc) is 2.27. The van der Waals surface area contributed by atoms with Crippen molar-refractivity contribution in [3.05, 3.63) is 30.1 Å². The van der Waals surface area contributed by atoms with Crippen LogP contribution in [0.5, 0.6) is 0 Å². The van der Waals surface area contributed by atoms with E-state index in [1.54, 1.807) is 0 Å². The van der Waals surface area contributed by atoms with Crippen LogP contribution in [-0.4, -0.2) is 29.8 Å². The fourth-order valence-electron chi connectivity index (χ4n) is 1.60. The molecule has 0 aliphatic carbocycles. The molecule has 0 saturated carbocycles. The van der Waals surface area contributed by atoms with Crippen molar-refractivity contribution in [2.24, 2.45) is 0 Å². The van der Waals surface area contributed by atoms with Gasteiger partial charge in [-0.3, -0.25) is 4.98 Å². The zero-order valence-electron chi connectivity index (χ0n) is 11.4. The van der Waals surface area contributed by atoms with Crippen LogP contribution in [-0.2, 0) is 11.2 Å². The van der Waals surface area contributed by atoms with Crippen LogP contribution in [0, 0.1) is 0 Å². The van der Waals surface area contributed by atoms with Crippen LogP contribution >= 0.6 is 0 Å². The third kappa shape index (κ3) is 6.39. The van der Waals surface area contributed by atoms with Gasteiger partial charge in [0, 0.05) is 24.4 Å². The van der Waals surface area contributed by atoms with Gasteiger partial charge >= 0.3 is 0 Å². The Morgan fingerprint density at radius 1 is 1.35 bits per heavy atom. The Balaban J connectivity index is 2.49. The van der Waals surface area contributed by atoms with Gasteiger partial charge in [-0.05, 0) is 39.4 Å². The molecule has 1 heterocycles. The van der Waals surface area contributed by atoms with Crippen LogP contribution in [0.25, 0.3) is 0 Å². The first-order valence-corrected chi connectivity index (χ1v) is 6.28. The Bertz CT molecular complexity index is 306. The molecule has 0 saturated heterocycles. The zero-order chi connectivity index (χ0) is 12.7. The zero-order valence-corrected chi connectivity index (χ0v) is 11.4. The molecule has 3 nitrogen and oxygen atoms in total. The lowest BCUT2D eigenvalue weighted by Gasteiger charge is -2.24. The van der Waals surface area contributed by atoms with Crippen molar-refractivity contribution in [3.8, 4) is 0 Å². The van der Waals surface area contributed by atoms with E-state index in [2.05, 4.69) is 44.1 Å². The average molecular weight is 236 g/mol. The predicted octanol–water partition coefficient (Wildman–Crippen LogP) is 2.42. The minimum absolute atomic E-state index is 0.0855. The summed E-state index contributed by atoms with van der Waals surface area (Å²) in [6.45, 7) is 10.0. The molecule has 1 aromatic rings. The van der Waals surface area contributed by atoms with Gasteiger partial charge in [0.15, 0.2) is 0 Å². The van der Waals surface area contributed by atoms with Crippen molar-refractivity contribution in [1.29, 1.82) is 0 Å². The summed E-state index contributed by atoms with van der Waals surface area (Å²) in [5.74, 6) is 0. The largest absolute Gasteiger partial charge is 0.374 e. The Morgan fingerprint density at radius 3 is 2.65 bits per heavy atom. The molecule has 0 aliphatic heterocycles. The van der Waals surface area contributed by atoms with Gasteiger partial charge in [0.25, 0.3) is 0 Å². The highest BCUT2D eigenvalue weighted by Gasteiger charge is 2.15. The Kier molecular flexibility index (Phi) is 5.59. The molecular weight excluding hydrogens is 212 g/mol. The quantitative estimate of drug-likeness (QED) is 0.823. The molecule has 0 fully saturated rings. The smallest absolute Gasteiger partial charge is 0.0630 e. The summed E-state index contributed by atoms with van der Waals surface area (Å²) in [6.07, 6.45) is 2.74. The first-order valence-electron chi connectivity index (χ1n) is 6.28. The van der Waals surface area contributed by atoms with E-state index in [9.17, 15) is 0 Å². The fourth-order valence-corrected chi connectivity index (χ4v) is 1.60. The summed E-state index contributed by atoms with van der Waals surface area (Å²) in [7, 11) is 0. The third-order valence-electron chi connectivity index (χ3n) is 2.39. The standard InChI is InChI=1S/C14H24N2O/c1-5-15-13(11-17-14(2,3)4)10-12-8-6-7-9-16-12/h6-9,13,15H,5,10-11H2,1-4H3. The van der Waals surface area contributed by atoms with Crippen LogP contribution in [0.15, 0.2) is 24.4 Å².